The second-order valence-corrected chi connectivity index (χ2v) is 8.35. The Morgan fingerprint density at radius 3 is 2.32 bits per heavy atom. The molecule has 0 aromatic carbocycles. The molecule has 0 nitrogen and oxygen atoms in total. The molecular weight excluding hydrogens is 304 g/mol. The van der Waals surface area contributed by atoms with Crippen LogP contribution in [0.2, 0.25) is 0 Å². The van der Waals surface area contributed by atoms with Crippen molar-refractivity contribution in [2.75, 3.05) is 0 Å². The third-order valence-corrected chi connectivity index (χ3v) is 7.09. The maximum absolute atomic E-state index is 2.37. The van der Waals surface area contributed by atoms with E-state index in [-0.39, 0.29) is 0 Å². The molecule has 0 spiro atoms. The van der Waals surface area contributed by atoms with Crippen LogP contribution in [0.15, 0.2) is 23.6 Å². The number of hydrogen-bond acceptors (Lipinski definition) is 2. The average Bonchev–Trinajstić information content (AvgIpc) is 3.19. The summed E-state index contributed by atoms with van der Waals surface area (Å²) in [5.41, 5.74) is 1.47. The summed E-state index contributed by atoms with van der Waals surface area (Å²) in [7, 11) is 0. The molecule has 2 unspecified atom stereocenters. The molecule has 2 heterocycles. The SMILES string of the molecule is CCCC(CC)C(CC)Cc1ccc(-c2cc(CC)cs2)s1. The predicted octanol–water partition coefficient (Wildman–Crippen LogP) is 7.43. The van der Waals surface area contributed by atoms with Crippen LogP contribution in [0.25, 0.3) is 9.75 Å². The zero-order chi connectivity index (χ0) is 15.9. The van der Waals surface area contributed by atoms with Crippen LogP contribution < -0.4 is 0 Å². The van der Waals surface area contributed by atoms with Crippen LogP contribution in [0, 0.1) is 11.8 Å². The average molecular weight is 335 g/mol. The highest BCUT2D eigenvalue weighted by molar-refractivity contribution is 7.21. The van der Waals surface area contributed by atoms with Gasteiger partial charge < -0.3 is 0 Å². The largest absolute Gasteiger partial charge is 0.143 e. The number of hydrogen-bond donors (Lipinski definition) is 0. The van der Waals surface area contributed by atoms with Crippen molar-refractivity contribution in [2.24, 2.45) is 11.8 Å². The quantitative estimate of drug-likeness (QED) is 0.447. The predicted molar refractivity (Wildman–Crippen MR) is 103 cm³/mol. The van der Waals surface area contributed by atoms with Gasteiger partial charge in [0.15, 0.2) is 0 Å². The topological polar surface area (TPSA) is 0 Å². The minimum Gasteiger partial charge on any atom is -0.143 e. The molecular formula is C20H30S2. The zero-order valence-corrected chi connectivity index (χ0v) is 16.2. The molecule has 0 aliphatic heterocycles. The third-order valence-electron chi connectivity index (χ3n) is 4.80. The third kappa shape index (κ3) is 4.45. The fourth-order valence-electron chi connectivity index (χ4n) is 3.36. The van der Waals surface area contributed by atoms with E-state index < -0.39 is 0 Å². The minimum absolute atomic E-state index is 0.853. The molecule has 0 bridgehead atoms. The van der Waals surface area contributed by atoms with Gasteiger partial charge in [0.2, 0.25) is 0 Å². The van der Waals surface area contributed by atoms with Crippen LogP contribution >= 0.6 is 22.7 Å². The van der Waals surface area contributed by atoms with E-state index in [1.165, 1.54) is 47.4 Å². The van der Waals surface area contributed by atoms with E-state index in [9.17, 15) is 0 Å². The van der Waals surface area contributed by atoms with Gasteiger partial charge in [-0.2, -0.15) is 0 Å². The number of thiophene rings is 2. The highest BCUT2D eigenvalue weighted by atomic mass is 32.1. The van der Waals surface area contributed by atoms with Crippen molar-refractivity contribution >= 4 is 22.7 Å². The van der Waals surface area contributed by atoms with Crippen LogP contribution in [0.3, 0.4) is 0 Å². The van der Waals surface area contributed by atoms with Crippen molar-refractivity contribution in [3.05, 3.63) is 34.0 Å². The Balaban J connectivity index is 2.06. The molecule has 0 amide bonds. The van der Waals surface area contributed by atoms with Crippen molar-refractivity contribution in [2.45, 2.75) is 66.2 Å². The molecule has 2 rings (SSSR count). The normalized spacial score (nSPS) is 14.2. The lowest BCUT2D eigenvalue weighted by Crippen LogP contribution is -2.15. The van der Waals surface area contributed by atoms with Gasteiger partial charge in [0, 0.05) is 14.6 Å². The standard InChI is InChI=1S/C20H30S2/c1-5-9-16(7-3)17(8-4)13-18-10-11-19(22-18)20-12-15(6-2)14-21-20/h10-12,14,16-17H,5-9,13H2,1-4H3. The molecule has 2 atom stereocenters. The first-order valence-corrected chi connectivity index (χ1v) is 10.6. The molecule has 122 valence electrons. The number of aryl methyl sites for hydroxylation is 1. The second-order valence-electron chi connectivity index (χ2n) is 6.27. The van der Waals surface area contributed by atoms with Crippen molar-refractivity contribution in [3.63, 3.8) is 0 Å². The molecule has 0 aliphatic carbocycles. The van der Waals surface area contributed by atoms with Crippen molar-refractivity contribution < 1.29 is 0 Å². The fourth-order valence-corrected chi connectivity index (χ4v) is 5.55. The van der Waals surface area contributed by atoms with E-state index in [4.69, 9.17) is 0 Å². The van der Waals surface area contributed by atoms with Crippen molar-refractivity contribution in [1.29, 1.82) is 0 Å². The molecule has 0 saturated heterocycles. The molecule has 0 saturated carbocycles. The maximum Gasteiger partial charge on any atom is 0.0445 e. The van der Waals surface area contributed by atoms with Gasteiger partial charge in [-0.3, -0.25) is 0 Å². The van der Waals surface area contributed by atoms with Crippen LogP contribution in [-0.2, 0) is 12.8 Å². The summed E-state index contributed by atoms with van der Waals surface area (Å²) in [6.45, 7) is 9.28. The summed E-state index contributed by atoms with van der Waals surface area (Å²) >= 11 is 3.90. The van der Waals surface area contributed by atoms with Crippen LogP contribution in [0.1, 0.15) is 63.8 Å². The van der Waals surface area contributed by atoms with Crippen LogP contribution in [0.5, 0.6) is 0 Å². The molecule has 22 heavy (non-hydrogen) atoms. The molecule has 0 aliphatic rings. The Labute approximate surface area is 144 Å². The molecule has 2 aromatic heterocycles. The first-order chi connectivity index (χ1) is 10.7. The maximum atomic E-state index is 2.37. The Bertz CT molecular complexity index is 550. The lowest BCUT2D eigenvalue weighted by molar-refractivity contribution is 0.291. The van der Waals surface area contributed by atoms with Gasteiger partial charge in [0.1, 0.15) is 0 Å². The molecule has 0 radical (unpaired) electrons. The van der Waals surface area contributed by atoms with E-state index in [0.29, 0.717) is 0 Å². The van der Waals surface area contributed by atoms with E-state index in [1.54, 1.807) is 4.88 Å². The summed E-state index contributed by atoms with van der Waals surface area (Å²) in [5.74, 6) is 1.75. The van der Waals surface area contributed by atoms with Gasteiger partial charge in [0.05, 0.1) is 0 Å². The summed E-state index contributed by atoms with van der Waals surface area (Å²) < 4.78 is 0. The Morgan fingerprint density at radius 1 is 0.955 bits per heavy atom. The second kappa shape index (κ2) is 8.88. The van der Waals surface area contributed by atoms with E-state index in [1.807, 2.05) is 22.7 Å². The van der Waals surface area contributed by atoms with Crippen molar-refractivity contribution in [3.8, 4) is 9.75 Å². The van der Waals surface area contributed by atoms with Crippen LogP contribution in [-0.4, -0.2) is 0 Å². The lowest BCUT2D eigenvalue weighted by Gasteiger charge is -2.24. The minimum atomic E-state index is 0.853. The van der Waals surface area contributed by atoms with E-state index >= 15 is 0 Å². The molecule has 2 aromatic rings. The monoisotopic (exact) mass is 334 g/mol. The van der Waals surface area contributed by atoms with Gasteiger partial charge in [-0.25, -0.2) is 0 Å². The smallest absolute Gasteiger partial charge is 0.0445 e. The van der Waals surface area contributed by atoms with Gasteiger partial charge in [-0.05, 0) is 53.8 Å². The fraction of sp³-hybridized carbons (Fsp3) is 0.600. The number of rotatable bonds is 9. The molecule has 2 heteroatoms. The van der Waals surface area contributed by atoms with Gasteiger partial charge >= 0.3 is 0 Å². The highest BCUT2D eigenvalue weighted by Crippen LogP contribution is 2.36. The van der Waals surface area contributed by atoms with E-state index in [0.717, 1.165) is 18.3 Å². The van der Waals surface area contributed by atoms with Gasteiger partial charge in [-0.15, -0.1) is 22.7 Å². The van der Waals surface area contributed by atoms with Crippen molar-refractivity contribution in [1.82, 2.24) is 0 Å². The summed E-state index contributed by atoms with van der Waals surface area (Å²) in [5, 5.41) is 2.30. The molecule has 0 fully saturated rings. The lowest BCUT2D eigenvalue weighted by atomic mass is 9.82. The summed E-state index contributed by atoms with van der Waals surface area (Å²) in [6, 6.07) is 7.06. The highest BCUT2D eigenvalue weighted by Gasteiger charge is 2.19. The zero-order valence-electron chi connectivity index (χ0n) is 14.5. The first-order valence-electron chi connectivity index (χ1n) is 8.88. The van der Waals surface area contributed by atoms with Crippen LogP contribution in [0.4, 0.5) is 0 Å². The summed E-state index contributed by atoms with van der Waals surface area (Å²) in [6.07, 6.45) is 7.76. The Hall–Kier alpha value is -0.600. The Morgan fingerprint density at radius 2 is 1.73 bits per heavy atom. The van der Waals surface area contributed by atoms with Gasteiger partial charge in [-0.1, -0.05) is 53.4 Å². The first kappa shape index (κ1) is 17.7. The van der Waals surface area contributed by atoms with Gasteiger partial charge in [0.25, 0.3) is 0 Å². The molecule has 0 N–H and O–H groups in total. The summed E-state index contributed by atoms with van der Waals surface area (Å²) in [4.78, 5) is 4.47. The Kier molecular flexibility index (Phi) is 7.17. The van der Waals surface area contributed by atoms with E-state index in [2.05, 4.69) is 51.3 Å².